The standard InChI is InChI=1S/C14H13N3O4/c1-9-4-3-5-10(2)14(9)15-12-7-6-11(16(18)19)8-13(12)17(20)21/h3-8,15H,1-2H3. The van der Waals surface area contributed by atoms with E-state index in [-0.39, 0.29) is 17.1 Å². The first-order valence-electron chi connectivity index (χ1n) is 6.16. The van der Waals surface area contributed by atoms with Gasteiger partial charge in [0.2, 0.25) is 0 Å². The molecule has 0 aromatic heterocycles. The Balaban J connectivity index is 2.49. The Kier molecular flexibility index (Phi) is 3.84. The minimum Gasteiger partial charge on any atom is -0.349 e. The van der Waals surface area contributed by atoms with Crippen LogP contribution in [0.4, 0.5) is 22.7 Å². The van der Waals surface area contributed by atoms with E-state index < -0.39 is 9.85 Å². The van der Waals surface area contributed by atoms with Crippen LogP contribution in [0, 0.1) is 34.1 Å². The first-order chi connectivity index (χ1) is 9.90. The van der Waals surface area contributed by atoms with Gasteiger partial charge in [-0.1, -0.05) is 18.2 Å². The number of hydrogen-bond donors (Lipinski definition) is 1. The molecule has 2 rings (SSSR count). The summed E-state index contributed by atoms with van der Waals surface area (Å²) in [6.45, 7) is 3.76. The van der Waals surface area contributed by atoms with Crippen LogP contribution in [0.25, 0.3) is 0 Å². The van der Waals surface area contributed by atoms with Crippen LogP contribution in [-0.4, -0.2) is 9.85 Å². The largest absolute Gasteiger partial charge is 0.349 e. The summed E-state index contributed by atoms with van der Waals surface area (Å²) in [5.41, 5.74) is 2.21. The molecular formula is C14H13N3O4. The van der Waals surface area contributed by atoms with Crippen molar-refractivity contribution in [3.05, 3.63) is 67.8 Å². The fraction of sp³-hybridized carbons (Fsp3) is 0.143. The molecule has 0 aliphatic rings. The molecule has 0 radical (unpaired) electrons. The molecule has 0 atom stereocenters. The Morgan fingerprint density at radius 3 is 2.10 bits per heavy atom. The van der Waals surface area contributed by atoms with Crippen LogP contribution in [0.3, 0.4) is 0 Å². The summed E-state index contributed by atoms with van der Waals surface area (Å²) in [5.74, 6) is 0. The number of aryl methyl sites for hydroxylation is 2. The van der Waals surface area contributed by atoms with E-state index in [1.807, 2.05) is 32.0 Å². The highest BCUT2D eigenvalue weighted by Gasteiger charge is 2.20. The number of benzene rings is 2. The van der Waals surface area contributed by atoms with E-state index in [0.29, 0.717) is 0 Å². The number of nitrogens with zero attached hydrogens (tertiary/aromatic N) is 2. The van der Waals surface area contributed by atoms with Gasteiger partial charge in [-0.15, -0.1) is 0 Å². The third-order valence-corrected chi connectivity index (χ3v) is 3.13. The van der Waals surface area contributed by atoms with Crippen molar-refractivity contribution in [2.24, 2.45) is 0 Å². The Morgan fingerprint density at radius 2 is 1.57 bits per heavy atom. The molecule has 0 aliphatic carbocycles. The molecule has 2 aromatic carbocycles. The topological polar surface area (TPSA) is 98.3 Å². The number of hydrogen-bond acceptors (Lipinski definition) is 5. The fourth-order valence-electron chi connectivity index (χ4n) is 2.04. The van der Waals surface area contributed by atoms with Crippen molar-refractivity contribution in [2.75, 3.05) is 5.32 Å². The van der Waals surface area contributed by atoms with Gasteiger partial charge >= 0.3 is 0 Å². The number of anilines is 2. The molecule has 0 spiro atoms. The molecule has 1 N–H and O–H groups in total. The van der Waals surface area contributed by atoms with E-state index in [4.69, 9.17) is 0 Å². The molecule has 21 heavy (non-hydrogen) atoms. The van der Waals surface area contributed by atoms with Crippen molar-refractivity contribution in [1.29, 1.82) is 0 Å². The van der Waals surface area contributed by atoms with Gasteiger partial charge in [0.25, 0.3) is 11.4 Å². The van der Waals surface area contributed by atoms with E-state index in [1.165, 1.54) is 12.1 Å². The van der Waals surface area contributed by atoms with Gasteiger partial charge in [0, 0.05) is 11.8 Å². The summed E-state index contributed by atoms with van der Waals surface area (Å²) < 4.78 is 0. The van der Waals surface area contributed by atoms with Gasteiger partial charge in [0.15, 0.2) is 0 Å². The number of non-ortho nitro benzene ring substituents is 1. The van der Waals surface area contributed by atoms with Gasteiger partial charge in [-0.25, -0.2) is 0 Å². The second-order valence-corrected chi connectivity index (χ2v) is 4.61. The molecule has 7 heteroatoms. The molecule has 2 aromatic rings. The van der Waals surface area contributed by atoms with Crippen LogP contribution >= 0.6 is 0 Å². The molecule has 0 fully saturated rings. The lowest BCUT2D eigenvalue weighted by Gasteiger charge is -2.12. The second-order valence-electron chi connectivity index (χ2n) is 4.61. The van der Waals surface area contributed by atoms with Crippen molar-refractivity contribution >= 4 is 22.7 Å². The Bertz CT molecular complexity index is 708. The normalized spacial score (nSPS) is 10.2. The van der Waals surface area contributed by atoms with Crippen LogP contribution < -0.4 is 5.32 Å². The maximum atomic E-state index is 11.1. The number of nitro groups is 2. The lowest BCUT2D eigenvalue weighted by atomic mass is 10.1. The molecule has 0 aliphatic heterocycles. The first kappa shape index (κ1) is 14.4. The first-order valence-corrected chi connectivity index (χ1v) is 6.16. The van der Waals surface area contributed by atoms with Crippen LogP contribution in [0.1, 0.15) is 11.1 Å². The van der Waals surface area contributed by atoms with Gasteiger partial charge in [0.1, 0.15) is 5.69 Å². The molecule has 0 saturated heterocycles. The minimum absolute atomic E-state index is 0.225. The number of para-hydroxylation sites is 1. The Hall–Kier alpha value is -2.96. The molecule has 0 saturated carbocycles. The summed E-state index contributed by atoms with van der Waals surface area (Å²) in [6.07, 6.45) is 0. The van der Waals surface area contributed by atoms with Crippen molar-refractivity contribution in [2.45, 2.75) is 13.8 Å². The van der Waals surface area contributed by atoms with E-state index in [9.17, 15) is 20.2 Å². The van der Waals surface area contributed by atoms with Gasteiger partial charge in [-0.2, -0.15) is 0 Å². The van der Waals surface area contributed by atoms with Crippen molar-refractivity contribution in [1.82, 2.24) is 0 Å². The summed E-state index contributed by atoms with van der Waals surface area (Å²) in [5, 5.41) is 24.8. The third kappa shape index (κ3) is 2.97. The second kappa shape index (κ2) is 5.58. The zero-order valence-corrected chi connectivity index (χ0v) is 11.5. The summed E-state index contributed by atoms with van der Waals surface area (Å²) in [7, 11) is 0. The lowest BCUT2D eigenvalue weighted by molar-refractivity contribution is -0.393. The fourth-order valence-corrected chi connectivity index (χ4v) is 2.04. The molecule has 0 amide bonds. The summed E-state index contributed by atoms with van der Waals surface area (Å²) in [4.78, 5) is 20.5. The average Bonchev–Trinajstić information content (AvgIpc) is 2.42. The number of nitro benzene ring substituents is 2. The van der Waals surface area contributed by atoms with E-state index in [0.717, 1.165) is 22.9 Å². The maximum absolute atomic E-state index is 11.1. The predicted octanol–water partition coefficient (Wildman–Crippen LogP) is 3.86. The van der Waals surface area contributed by atoms with Crippen molar-refractivity contribution in [3.63, 3.8) is 0 Å². The molecule has 0 bridgehead atoms. The smallest absolute Gasteiger partial charge is 0.299 e. The average molecular weight is 287 g/mol. The molecular weight excluding hydrogens is 274 g/mol. The summed E-state index contributed by atoms with van der Waals surface area (Å²) in [6, 6.07) is 9.19. The molecule has 0 unspecified atom stereocenters. The van der Waals surface area contributed by atoms with E-state index >= 15 is 0 Å². The molecule has 108 valence electrons. The Labute approximate surface area is 120 Å². The van der Waals surface area contributed by atoms with Crippen LogP contribution in [0.5, 0.6) is 0 Å². The lowest BCUT2D eigenvalue weighted by Crippen LogP contribution is -2.01. The predicted molar refractivity (Wildman–Crippen MR) is 78.9 cm³/mol. The van der Waals surface area contributed by atoms with Crippen molar-refractivity contribution in [3.8, 4) is 0 Å². The van der Waals surface area contributed by atoms with E-state index in [1.54, 1.807) is 0 Å². The minimum atomic E-state index is -0.657. The van der Waals surface area contributed by atoms with Gasteiger partial charge < -0.3 is 5.32 Å². The van der Waals surface area contributed by atoms with Crippen LogP contribution in [0.15, 0.2) is 36.4 Å². The monoisotopic (exact) mass is 287 g/mol. The zero-order valence-electron chi connectivity index (χ0n) is 11.5. The van der Waals surface area contributed by atoms with E-state index in [2.05, 4.69) is 5.32 Å². The quantitative estimate of drug-likeness (QED) is 0.680. The van der Waals surface area contributed by atoms with Crippen LogP contribution in [0.2, 0.25) is 0 Å². The molecule has 7 nitrogen and oxygen atoms in total. The Morgan fingerprint density at radius 1 is 0.952 bits per heavy atom. The van der Waals surface area contributed by atoms with Gasteiger partial charge in [0.05, 0.1) is 15.9 Å². The number of rotatable bonds is 4. The SMILES string of the molecule is Cc1cccc(C)c1Nc1ccc([N+](=O)[O-])cc1[N+](=O)[O-]. The maximum Gasteiger partial charge on any atom is 0.299 e. The molecule has 0 heterocycles. The highest BCUT2D eigenvalue weighted by Crippen LogP contribution is 2.33. The third-order valence-electron chi connectivity index (χ3n) is 3.13. The highest BCUT2D eigenvalue weighted by atomic mass is 16.6. The van der Waals surface area contributed by atoms with Gasteiger partial charge in [-0.05, 0) is 31.0 Å². The highest BCUT2D eigenvalue weighted by molar-refractivity contribution is 5.74. The number of nitrogens with one attached hydrogen (secondary N) is 1. The summed E-state index contributed by atoms with van der Waals surface area (Å²) >= 11 is 0. The van der Waals surface area contributed by atoms with Crippen molar-refractivity contribution < 1.29 is 9.85 Å². The van der Waals surface area contributed by atoms with Gasteiger partial charge in [-0.3, -0.25) is 20.2 Å². The zero-order chi connectivity index (χ0) is 15.6. The van der Waals surface area contributed by atoms with Crippen LogP contribution in [-0.2, 0) is 0 Å².